The number of aromatic nitrogens is 1. The molecule has 10 heteroatoms. The molecule has 0 bridgehead atoms. The number of nitrogens with two attached hydrogens (primary N) is 1. The number of nitrogens with one attached hydrogen (secondary N) is 2. The summed E-state index contributed by atoms with van der Waals surface area (Å²) in [4.78, 5) is 18.2. The molecule has 1 aliphatic rings. The molecule has 1 aromatic heterocycles. The second kappa shape index (κ2) is 17.3. The number of allylic oxidation sites excluding steroid dienone is 2. The highest BCUT2D eigenvalue weighted by Gasteiger charge is 2.31. The highest BCUT2D eigenvalue weighted by atomic mass is 31.2. The highest BCUT2D eigenvalue weighted by Crippen LogP contribution is 2.46. The predicted octanol–water partition coefficient (Wildman–Crippen LogP) is 8.94. The molecule has 6 nitrogen and oxygen atoms in total. The maximum Gasteiger partial charge on any atom is 0.270 e. The van der Waals surface area contributed by atoms with Crippen LogP contribution in [0.25, 0.3) is 17.0 Å². The van der Waals surface area contributed by atoms with Gasteiger partial charge in [0.1, 0.15) is 11.6 Å². The molecule has 4 rings (SSSR count). The molecule has 1 fully saturated rings. The normalized spacial score (nSPS) is 15.5. The first kappa shape index (κ1) is 35.9. The molecule has 0 saturated heterocycles. The number of rotatable bonds is 14. The van der Waals surface area contributed by atoms with Crippen molar-refractivity contribution in [3.05, 3.63) is 107 Å². The molecule has 0 spiro atoms. The van der Waals surface area contributed by atoms with Gasteiger partial charge in [-0.15, -0.1) is 0 Å². The molecule has 4 N–H and O–H groups in total. The van der Waals surface area contributed by atoms with Crippen LogP contribution in [0.4, 0.5) is 24.3 Å². The zero-order valence-corrected chi connectivity index (χ0v) is 28.3. The minimum Gasteiger partial charge on any atom is -0.398 e. The molecule has 0 aliphatic heterocycles. The van der Waals surface area contributed by atoms with Crippen LogP contribution >= 0.6 is 8.54 Å². The summed E-state index contributed by atoms with van der Waals surface area (Å²) in [7, 11) is 0.170. The lowest BCUT2D eigenvalue weighted by atomic mass is 9.81. The van der Waals surface area contributed by atoms with Crippen molar-refractivity contribution in [1.29, 1.82) is 0 Å². The molecule has 2 aromatic carbocycles. The van der Waals surface area contributed by atoms with Crippen LogP contribution in [-0.2, 0) is 4.79 Å². The molecule has 1 amide bonds. The van der Waals surface area contributed by atoms with E-state index in [4.69, 9.17) is 10.7 Å². The zero-order valence-electron chi connectivity index (χ0n) is 27.4. The third-order valence-corrected chi connectivity index (χ3v) is 9.01. The Hall–Kier alpha value is -3.94. The number of amides is 1. The predicted molar refractivity (Wildman–Crippen MR) is 191 cm³/mol. The van der Waals surface area contributed by atoms with Crippen molar-refractivity contribution in [1.82, 2.24) is 15.2 Å². The summed E-state index contributed by atoms with van der Waals surface area (Å²) in [6, 6.07) is 17.8. The van der Waals surface area contributed by atoms with Gasteiger partial charge in [-0.05, 0) is 71.9 Å². The Balaban J connectivity index is 1.67. The van der Waals surface area contributed by atoms with Gasteiger partial charge in [0.05, 0.1) is 6.16 Å². The third kappa shape index (κ3) is 10.0. The summed E-state index contributed by atoms with van der Waals surface area (Å²) < 4.78 is 43.4. The standard InChI is InChI=1S/C37H45F3N5OP/c1-4-12-32(38)30-23-28(16-18-33(30)41)36(31(25-47(39)40)27-13-7-5-8-14-27)29-17-19-34(42-24-29)43-26-37(20-9-6-10-21-37)44-22-11-15-35(46)45(2)3/h5,7-8,11-19,23-24,44H,4,6,9-10,20-22,25-26,41H2,1-3H3,(H,42,43)/b15-11+,32-12-,36-31-. The van der Waals surface area contributed by atoms with Gasteiger partial charge in [-0.2, -0.15) is 8.39 Å². The van der Waals surface area contributed by atoms with Crippen LogP contribution < -0.4 is 16.4 Å². The number of hydrogen-bond donors (Lipinski definition) is 3. The van der Waals surface area contributed by atoms with Gasteiger partial charge < -0.3 is 21.3 Å². The van der Waals surface area contributed by atoms with Gasteiger partial charge in [0.2, 0.25) is 5.91 Å². The first-order valence-corrected chi connectivity index (χ1v) is 17.4. The Kier molecular flexibility index (Phi) is 13.2. The first-order chi connectivity index (χ1) is 22.6. The summed E-state index contributed by atoms with van der Waals surface area (Å²) in [6.45, 7) is 3.06. The van der Waals surface area contributed by atoms with Crippen LogP contribution in [0.5, 0.6) is 0 Å². The van der Waals surface area contributed by atoms with Crippen molar-refractivity contribution in [2.45, 2.75) is 51.0 Å². The van der Waals surface area contributed by atoms with Gasteiger partial charge in [-0.3, -0.25) is 4.79 Å². The summed E-state index contributed by atoms with van der Waals surface area (Å²) in [5, 5.41) is 7.15. The zero-order chi connectivity index (χ0) is 33.8. The number of pyridine rings is 1. The molecule has 1 heterocycles. The van der Waals surface area contributed by atoms with E-state index >= 15 is 4.39 Å². The lowest BCUT2D eigenvalue weighted by Gasteiger charge is -2.38. The Bertz CT molecular complexity index is 1570. The Morgan fingerprint density at radius 3 is 2.38 bits per heavy atom. The fraction of sp³-hybridized carbons (Fsp3) is 0.351. The van der Waals surface area contributed by atoms with E-state index in [9.17, 15) is 13.2 Å². The van der Waals surface area contributed by atoms with E-state index in [0.29, 0.717) is 53.2 Å². The lowest BCUT2D eigenvalue weighted by molar-refractivity contribution is -0.123. The van der Waals surface area contributed by atoms with Crippen LogP contribution in [-0.4, -0.2) is 54.7 Å². The van der Waals surface area contributed by atoms with Crippen LogP contribution in [0.3, 0.4) is 0 Å². The number of carbonyl (C=O) groups is 1. The Labute approximate surface area is 278 Å². The number of benzene rings is 2. The molecule has 3 aromatic rings. The smallest absolute Gasteiger partial charge is 0.270 e. The van der Waals surface area contributed by atoms with Gasteiger partial charge in [0.15, 0.2) is 0 Å². The topological polar surface area (TPSA) is 83.3 Å². The summed E-state index contributed by atoms with van der Waals surface area (Å²) in [5.74, 6) is 0.157. The summed E-state index contributed by atoms with van der Waals surface area (Å²) in [6.07, 6.45) is 12.1. The van der Waals surface area contributed by atoms with Crippen molar-refractivity contribution < 1.29 is 17.6 Å². The van der Waals surface area contributed by atoms with Crippen LogP contribution in [0.1, 0.15) is 67.7 Å². The number of halogens is 3. The number of nitrogens with zero attached hydrogens (tertiary/aromatic N) is 2. The number of carbonyl (C=O) groups excluding carboxylic acids is 1. The average molecular weight is 664 g/mol. The van der Waals surface area contributed by atoms with Gasteiger partial charge in [-0.25, -0.2) is 9.37 Å². The number of likely N-dealkylation sites (N-methyl/N-ethyl adjacent to an activating group) is 1. The lowest BCUT2D eigenvalue weighted by Crippen LogP contribution is -2.52. The maximum atomic E-state index is 15.1. The molecule has 0 radical (unpaired) electrons. The third-order valence-electron chi connectivity index (χ3n) is 8.45. The van der Waals surface area contributed by atoms with Crippen molar-refractivity contribution in [3.63, 3.8) is 0 Å². The SMILES string of the molecule is CC/C=C(\F)c1cc(/C(=C(\CP(F)F)c2ccccc2)c2ccc(NCC3(NC/C=C/C(=O)N(C)C)CCCCC3)nc2)ccc1N. The molecular weight excluding hydrogens is 618 g/mol. The van der Waals surface area contributed by atoms with E-state index in [1.165, 1.54) is 17.4 Å². The van der Waals surface area contributed by atoms with Crippen molar-refractivity contribution in [2.75, 3.05) is 44.4 Å². The monoisotopic (exact) mass is 663 g/mol. The Morgan fingerprint density at radius 1 is 1.02 bits per heavy atom. The van der Waals surface area contributed by atoms with Crippen LogP contribution in [0.15, 0.2) is 85.1 Å². The fourth-order valence-electron chi connectivity index (χ4n) is 5.93. The van der Waals surface area contributed by atoms with Crippen molar-refractivity contribution >= 4 is 42.9 Å². The fourth-order valence-corrected chi connectivity index (χ4v) is 6.51. The quantitative estimate of drug-likeness (QED) is 0.0695. The van der Waals surface area contributed by atoms with E-state index in [2.05, 4.69) is 10.6 Å². The molecule has 1 saturated carbocycles. The Morgan fingerprint density at radius 2 is 1.74 bits per heavy atom. The summed E-state index contributed by atoms with van der Waals surface area (Å²) in [5.41, 5.74) is 9.43. The van der Waals surface area contributed by atoms with Gasteiger partial charge in [-0.1, -0.05) is 68.7 Å². The van der Waals surface area contributed by atoms with Crippen molar-refractivity contribution in [3.8, 4) is 0 Å². The molecule has 0 unspecified atom stereocenters. The van der Waals surface area contributed by atoms with E-state index < -0.39 is 20.5 Å². The van der Waals surface area contributed by atoms with E-state index in [-0.39, 0.29) is 22.7 Å². The minimum atomic E-state index is -3.28. The minimum absolute atomic E-state index is 0.0526. The molecule has 250 valence electrons. The average Bonchev–Trinajstić information content (AvgIpc) is 3.07. The van der Waals surface area contributed by atoms with Crippen LogP contribution in [0.2, 0.25) is 0 Å². The van der Waals surface area contributed by atoms with Gasteiger partial charge in [0.25, 0.3) is 8.54 Å². The second-order valence-corrected chi connectivity index (χ2v) is 13.0. The summed E-state index contributed by atoms with van der Waals surface area (Å²) >= 11 is 0. The molecular formula is C37H45F3N5OP. The van der Waals surface area contributed by atoms with E-state index in [1.54, 1.807) is 44.6 Å². The number of anilines is 2. The number of hydrogen-bond acceptors (Lipinski definition) is 5. The van der Waals surface area contributed by atoms with E-state index in [1.807, 2.05) is 55.5 Å². The van der Waals surface area contributed by atoms with E-state index in [0.717, 1.165) is 25.7 Å². The van der Waals surface area contributed by atoms with Gasteiger partial charge >= 0.3 is 0 Å². The van der Waals surface area contributed by atoms with Gasteiger partial charge in [0, 0.05) is 61.8 Å². The number of nitrogen functional groups attached to an aromatic ring is 1. The van der Waals surface area contributed by atoms with Crippen molar-refractivity contribution in [2.24, 2.45) is 0 Å². The first-order valence-electron chi connectivity index (χ1n) is 16.1. The highest BCUT2D eigenvalue weighted by molar-refractivity contribution is 7.47. The largest absolute Gasteiger partial charge is 0.398 e. The second-order valence-electron chi connectivity index (χ2n) is 12.1. The van der Waals surface area contributed by atoms with Crippen LogP contribution in [0, 0.1) is 0 Å². The maximum absolute atomic E-state index is 15.1. The molecule has 0 atom stereocenters. The molecule has 47 heavy (non-hydrogen) atoms. The molecule has 1 aliphatic carbocycles.